The highest BCUT2D eigenvalue weighted by atomic mass is 35.5. The molecule has 0 saturated carbocycles. The van der Waals surface area contributed by atoms with Crippen molar-refractivity contribution in [1.82, 2.24) is 29.9 Å². The highest BCUT2D eigenvalue weighted by molar-refractivity contribution is 7.99. The number of hydrogen-bond donors (Lipinski definition) is 2. The maximum atomic E-state index is 9.84. The lowest BCUT2D eigenvalue weighted by atomic mass is 10.2. The molecule has 30 heavy (non-hydrogen) atoms. The summed E-state index contributed by atoms with van der Waals surface area (Å²) >= 11 is 8.09. The third-order valence-electron chi connectivity index (χ3n) is 5.35. The first kappa shape index (κ1) is 19.5. The van der Waals surface area contributed by atoms with Gasteiger partial charge >= 0.3 is 0 Å². The number of H-pyrrole nitrogens is 1. The third kappa shape index (κ3) is 3.36. The van der Waals surface area contributed by atoms with E-state index in [0.29, 0.717) is 21.5 Å². The number of aliphatic hydroxyl groups excluding tert-OH is 1. The predicted molar refractivity (Wildman–Crippen MR) is 117 cm³/mol. The van der Waals surface area contributed by atoms with Crippen LogP contribution in [-0.2, 0) is 6.42 Å². The van der Waals surface area contributed by atoms with Crippen molar-refractivity contribution in [3.8, 4) is 0 Å². The minimum atomic E-state index is 0.0367. The zero-order chi connectivity index (χ0) is 20.7. The van der Waals surface area contributed by atoms with E-state index >= 15 is 0 Å². The van der Waals surface area contributed by atoms with Crippen LogP contribution in [0.1, 0.15) is 25.5 Å². The lowest BCUT2D eigenvalue weighted by molar-refractivity contribution is 0.266. The minimum Gasteiger partial charge on any atom is -0.394 e. The van der Waals surface area contributed by atoms with E-state index in [1.165, 1.54) is 11.8 Å². The van der Waals surface area contributed by atoms with Gasteiger partial charge in [0, 0.05) is 35.7 Å². The molecule has 0 spiro atoms. The van der Waals surface area contributed by atoms with Gasteiger partial charge in [0.15, 0.2) is 10.8 Å². The summed E-state index contributed by atoms with van der Waals surface area (Å²) in [5.41, 5.74) is 2.97. The van der Waals surface area contributed by atoms with Gasteiger partial charge in [-0.1, -0.05) is 18.5 Å². The molecule has 2 N–H and O–H groups in total. The van der Waals surface area contributed by atoms with Crippen molar-refractivity contribution >= 4 is 51.4 Å². The lowest BCUT2D eigenvalue weighted by Gasteiger charge is -2.25. The van der Waals surface area contributed by atoms with Crippen LogP contribution in [0.25, 0.3) is 22.2 Å². The second kappa shape index (κ2) is 7.98. The molecule has 5 heterocycles. The lowest BCUT2D eigenvalue weighted by Crippen LogP contribution is -2.33. The van der Waals surface area contributed by atoms with E-state index in [1.54, 1.807) is 18.6 Å². The molecular weight excluding hydrogens is 422 g/mol. The normalized spacial score (nSPS) is 16.8. The SMILES string of the molecule is CCc1[nH]c2nc(Sc3cnc4nccnc4c3)nc(N3CCC[C@@H]3CO)c2c1Cl. The van der Waals surface area contributed by atoms with E-state index in [4.69, 9.17) is 21.6 Å². The number of aromatic amines is 1. The zero-order valence-corrected chi connectivity index (χ0v) is 17.9. The Balaban J connectivity index is 1.61. The van der Waals surface area contributed by atoms with Gasteiger partial charge in [-0.25, -0.2) is 19.9 Å². The molecule has 1 aliphatic heterocycles. The average molecular weight is 442 g/mol. The van der Waals surface area contributed by atoms with Gasteiger partial charge in [0.25, 0.3) is 0 Å². The topological polar surface area (TPSA) is 104 Å². The number of pyridine rings is 1. The molecule has 1 aliphatic rings. The molecule has 154 valence electrons. The molecule has 0 unspecified atom stereocenters. The largest absolute Gasteiger partial charge is 0.394 e. The van der Waals surface area contributed by atoms with Crippen LogP contribution in [0.5, 0.6) is 0 Å². The predicted octanol–water partition coefficient (Wildman–Crippen LogP) is 3.62. The van der Waals surface area contributed by atoms with Gasteiger partial charge in [-0.2, -0.15) is 0 Å². The fourth-order valence-electron chi connectivity index (χ4n) is 3.87. The van der Waals surface area contributed by atoms with Crippen LogP contribution in [0, 0.1) is 0 Å². The van der Waals surface area contributed by atoms with Crippen molar-refractivity contribution in [1.29, 1.82) is 0 Å². The Labute approximate surface area is 182 Å². The number of fused-ring (bicyclic) bond motifs is 2. The molecular formula is C20H20ClN7OS. The number of nitrogens with one attached hydrogen (secondary N) is 1. The number of aromatic nitrogens is 6. The molecule has 1 fully saturated rings. The molecule has 1 atom stereocenters. The van der Waals surface area contributed by atoms with Gasteiger partial charge in [-0.05, 0) is 37.1 Å². The summed E-state index contributed by atoms with van der Waals surface area (Å²) in [7, 11) is 0. The fourth-order valence-corrected chi connectivity index (χ4v) is 4.98. The monoisotopic (exact) mass is 441 g/mol. The van der Waals surface area contributed by atoms with Crippen LogP contribution in [-0.4, -0.2) is 54.2 Å². The van der Waals surface area contributed by atoms with Crippen LogP contribution in [0.15, 0.2) is 34.7 Å². The molecule has 1 saturated heterocycles. The standard InChI is InChI=1S/C20H20ClN7OS/c1-2-13-16(21)15-18(25-13)26-20(27-19(15)28-7-3-4-11(28)10-29)30-12-8-14-17(24-9-12)23-6-5-22-14/h5-6,8-9,11,29H,2-4,7,10H2,1H3,(H,25,26,27)/t11-/m1/s1. The van der Waals surface area contributed by atoms with Gasteiger partial charge in [-0.15, -0.1) is 0 Å². The summed E-state index contributed by atoms with van der Waals surface area (Å²) in [6.45, 7) is 2.97. The summed E-state index contributed by atoms with van der Waals surface area (Å²) in [5.74, 6) is 0.772. The maximum Gasteiger partial charge on any atom is 0.196 e. The maximum absolute atomic E-state index is 9.84. The van der Waals surface area contributed by atoms with Crippen molar-refractivity contribution < 1.29 is 5.11 Å². The number of halogens is 1. The Bertz CT molecular complexity index is 1230. The van der Waals surface area contributed by atoms with Gasteiger partial charge in [0.1, 0.15) is 17.0 Å². The number of aliphatic hydroxyl groups is 1. The van der Waals surface area contributed by atoms with E-state index in [-0.39, 0.29) is 12.6 Å². The van der Waals surface area contributed by atoms with Crippen LogP contribution in [0.3, 0.4) is 0 Å². The first-order valence-corrected chi connectivity index (χ1v) is 11.1. The fraction of sp³-hybridized carbons (Fsp3) is 0.350. The van der Waals surface area contributed by atoms with Gasteiger partial charge in [0.2, 0.25) is 0 Å². The molecule has 4 aromatic rings. The highest BCUT2D eigenvalue weighted by Gasteiger charge is 2.29. The van der Waals surface area contributed by atoms with Gasteiger partial charge in [-0.3, -0.25) is 4.98 Å². The third-order valence-corrected chi connectivity index (χ3v) is 6.59. The molecule has 0 amide bonds. The van der Waals surface area contributed by atoms with Crippen molar-refractivity contribution in [2.45, 2.75) is 42.3 Å². The Morgan fingerprint density at radius 3 is 2.97 bits per heavy atom. The molecule has 0 bridgehead atoms. The number of anilines is 1. The number of aryl methyl sites for hydroxylation is 1. The van der Waals surface area contributed by atoms with E-state index in [2.05, 4.69) is 24.8 Å². The van der Waals surface area contributed by atoms with Crippen molar-refractivity contribution in [3.63, 3.8) is 0 Å². The van der Waals surface area contributed by atoms with Crippen LogP contribution >= 0.6 is 23.4 Å². The first-order chi connectivity index (χ1) is 14.7. The molecule has 0 aromatic carbocycles. The molecule has 0 radical (unpaired) electrons. The molecule has 10 heteroatoms. The Kier molecular flexibility index (Phi) is 5.18. The molecule has 8 nitrogen and oxygen atoms in total. The summed E-state index contributed by atoms with van der Waals surface area (Å²) in [6, 6.07) is 1.97. The zero-order valence-electron chi connectivity index (χ0n) is 16.3. The Morgan fingerprint density at radius 1 is 1.27 bits per heavy atom. The van der Waals surface area contributed by atoms with Gasteiger partial charge < -0.3 is 15.0 Å². The Hall–Kier alpha value is -2.49. The number of nitrogens with zero attached hydrogens (tertiary/aromatic N) is 6. The Morgan fingerprint density at radius 2 is 2.13 bits per heavy atom. The summed E-state index contributed by atoms with van der Waals surface area (Å²) in [5, 5.41) is 11.9. The first-order valence-electron chi connectivity index (χ1n) is 9.88. The number of hydrogen-bond acceptors (Lipinski definition) is 8. The van der Waals surface area contributed by atoms with Crippen molar-refractivity contribution in [2.24, 2.45) is 0 Å². The average Bonchev–Trinajstić information content (AvgIpc) is 3.37. The molecule has 4 aromatic heterocycles. The molecule has 5 rings (SSSR count). The van der Waals surface area contributed by atoms with E-state index < -0.39 is 0 Å². The van der Waals surface area contributed by atoms with E-state index in [0.717, 1.165) is 53.1 Å². The summed E-state index contributed by atoms with van der Waals surface area (Å²) in [4.78, 5) is 28.9. The minimum absolute atomic E-state index is 0.0367. The van der Waals surface area contributed by atoms with Crippen LogP contribution in [0.2, 0.25) is 5.02 Å². The van der Waals surface area contributed by atoms with Crippen molar-refractivity contribution in [2.75, 3.05) is 18.1 Å². The quantitative estimate of drug-likeness (QED) is 0.452. The van der Waals surface area contributed by atoms with E-state index in [1.807, 2.05) is 13.0 Å². The van der Waals surface area contributed by atoms with Crippen molar-refractivity contribution in [3.05, 3.63) is 35.4 Å². The highest BCUT2D eigenvalue weighted by Crippen LogP contribution is 2.38. The smallest absolute Gasteiger partial charge is 0.196 e. The number of rotatable bonds is 5. The molecule has 0 aliphatic carbocycles. The van der Waals surface area contributed by atoms with E-state index in [9.17, 15) is 5.11 Å². The summed E-state index contributed by atoms with van der Waals surface area (Å²) in [6.07, 6.45) is 7.73. The van der Waals surface area contributed by atoms with Gasteiger partial charge in [0.05, 0.1) is 23.1 Å². The second-order valence-electron chi connectivity index (χ2n) is 7.17. The summed E-state index contributed by atoms with van der Waals surface area (Å²) < 4.78 is 0. The second-order valence-corrected chi connectivity index (χ2v) is 8.59. The van der Waals surface area contributed by atoms with Crippen LogP contribution < -0.4 is 4.90 Å². The van der Waals surface area contributed by atoms with Crippen LogP contribution in [0.4, 0.5) is 5.82 Å².